The van der Waals surface area contributed by atoms with E-state index in [2.05, 4.69) is 0 Å². The molecule has 0 spiro atoms. The van der Waals surface area contributed by atoms with E-state index in [0.29, 0.717) is 39.3 Å². The molecular formula is C30H54O9. The first-order chi connectivity index (χ1) is 18.6. The van der Waals surface area contributed by atoms with Crippen molar-refractivity contribution in [3.05, 3.63) is 0 Å². The molecule has 39 heavy (non-hydrogen) atoms. The second kappa shape index (κ2) is 24.0. The maximum Gasteiger partial charge on any atom is 0.308 e. The molecule has 0 aromatic rings. The number of esters is 2. The second-order valence-corrected chi connectivity index (χ2v) is 10.6. The first-order valence-electron chi connectivity index (χ1n) is 14.6. The third kappa shape index (κ3) is 21.6. The van der Waals surface area contributed by atoms with Gasteiger partial charge in [-0.2, -0.15) is 0 Å². The molecule has 0 aromatic carbocycles. The van der Waals surface area contributed by atoms with Gasteiger partial charge in [-0.15, -0.1) is 0 Å². The predicted octanol–water partition coefficient (Wildman–Crippen LogP) is 4.97. The lowest BCUT2D eigenvalue weighted by molar-refractivity contribution is -0.151. The van der Waals surface area contributed by atoms with Crippen LogP contribution in [0.25, 0.3) is 0 Å². The van der Waals surface area contributed by atoms with Gasteiger partial charge in [-0.05, 0) is 65.2 Å². The molecule has 0 saturated heterocycles. The Morgan fingerprint density at radius 1 is 0.436 bits per heavy atom. The van der Waals surface area contributed by atoms with Crippen LogP contribution in [0.1, 0.15) is 92.9 Å². The van der Waals surface area contributed by atoms with E-state index in [1.807, 2.05) is 27.7 Å². The van der Waals surface area contributed by atoms with Crippen LogP contribution < -0.4 is 0 Å². The van der Waals surface area contributed by atoms with E-state index in [0.717, 1.165) is 38.5 Å². The van der Waals surface area contributed by atoms with Crippen LogP contribution >= 0.6 is 0 Å². The average Bonchev–Trinajstić information content (AvgIpc) is 2.90. The Labute approximate surface area is 236 Å². The van der Waals surface area contributed by atoms with E-state index < -0.39 is 0 Å². The van der Waals surface area contributed by atoms with Gasteiger partial charge in [-0.1, -0.05) is 27.7 Å². The molecule has 0 fully saturated rings. The minimum Gasteiger partial charge on any atom is -0.463 e. The van der Waals surface area contributed by atoms with Crippen molar-refractivity contribution in [1.29, 1.82) is 0 Å². The number of ketones is 2. The summed E-state index contributed by atoms with van der Waals surface area (Å²) >= 11 is 0. The summed E-state index contributed by atoms with van der Waals surface area (Å²) in [6.45, 7) is 14.0. The molecule has 0 amide bonds. The molecule has 0 heterocycles. The predicted molar refractivity (Wildman–Crippen MR) is 149 cm³/mol. The van der Waals surface area contributed by atoms with Crippen LogP contribution in [0, 0.1) is 23.7 Å². The van der Waals surface area contributed by atoms with Crippen LogP contribution in [-0.4, -0.2) is 76.4 Å². The number of ether oxygens (including phenoxy) is 5. The van der Waals surface area contributed by atoms with Crippen molar-refractivity contribution in [3.8, 4) is 0 Å². The molecule has 0 aliphatic heterocycles. The third-order valence-electron chi connectivity index (χ3n) is 6.84. The lowest BCUT2D eigenvalue weighted by atomic mass is 10.0. The van der Waals surface area contributed by atoms with E-state index in [-0.39, 0.29) is 73.6 Å². The van der Waals surface area contributed by atoms with Gasteiger partial charge in [-0.3, -0.25) is 19.2 Å². The van der Waals surface area contributed by atoms with E-state index in [4.69, 9.17) is 23.7 Å². The van der Waals surface area contributed by atoms with Gasteiger partial charge in [0.05, 0.1) is 25.0 Å². The lowest BCUT2D eigenvalue weighted by Crippen LogP contribution is -2.20. The van der Waals surface area contributed by atoms with Crippen LogP contribution in [0.3, 0.4) is 0 Å². The molecular weight excluding hydrogens is 504 g/mol. The fraction of sp³-hybridized carbons (Fsp3) is 0.867. The number of Topliss-reactive ketones (excluding diaryl/α,β-unsaturated/α-hetero) is 2. The minimum atomic E-state index is -0.260. The van der Waals surface area contributed by atoms with Crippen molar-refractivity contribution in [1.82, 2.24) is 0 Å². The highest BCUT2D eigenvalue weighted by Gasteiger charge is 2.15. The fourth-order valence-electron chi connectivity index (χ4n) is 3.60. The molecule has 0 aromatic heterocycles. The van der Waals surface area contributed by atoms with Crippen molar-refractivity contribution in [2.24, 2.45) is 23.7 Å². The molecule has 0 rings (SSSR count). The quantitative estimate of drug-likeness (QED) is 0.107. The van der Waals surface area contributed by atoms with Gasteiger partial charge in [-0.25, -0.2) is 0 Å². The highest BCUT2D eigenvalue weighted by Crippen LogP contribution is 2.11. The summed E-state index contributed by atoms with van der Waals surface area (Å²) in [5.41, 5.74) is 0. The Kier molecular flexibility index (Phi) is 22.9. The van der Waals surface area contributed by atoms with Gasteiger partial charge in [0.25, 0.3) is 0 Å². The van der Waals surface area contributed by atoms with E-state index in [1.54, 1.807) is 13.8 Å². The summed E-state index contributed by atoms with van der Waals surface area (Å²) in [7, 11) is 0. The second-order valence-electron chi connectivity index (χ2n) is 10.6. The SMILES string of the molecule is CC(=O)C(C)CCCOCCCC(C)C(=O)OCCOCCOC(=O)C(C)CCCOCCCC(C)C(C)=O. The molecule has 0 aliphatic rings. The Morgan fingerprint density at radius 3 is 1.03 bits per heavy atom. The number of rotatable bonds is 26. The van der Waals surface area contributed by atoms with Crippen molar-refractivity contribution in [2.75, 3.05) is 52.9 Å². The summed E-state index contributed by atoms with van der Waals surface area (Å²) in [6.07, 6.45) is 6.30. The summed E-state index contributed by atoms with van der Waals surface area (Å²) in [6, 6.07) is 0. The van der Waals surface area contributed by atoms with Gasteiger partial charge in [0, 0.05) is 38.3 Å². The number of hydrogen-bond acceptors (Lipinski definition) is 9. The number of carbonyl (C=O) groups is 4. The minimum absolute atomic E-state index is 0.0817. The molecule has 9 nitrogen and oxygen atoms in total. The Hall–Kier alpha value is -1.84. The molecule has 0 aliphatic carbocycles. The van der Waals surface area contributed by atoms with Gasteiger partial charge >= 0.3 is 11.9 Å². The topological polar surface area (TPSA) is 114 Å². The first-order valence-corrected chi connectivity index (χ1v) is 14.6. The molecule has 0 radical (unpaired) electrons. The van der Waals surface area contributed by atoms with Crippen molar-refractivity contribution < 1.29 is 42.9 Å². The van der Waals surface area contributed by atoms with Crippen molar-refractivity contribution >= 4 is 23.5 Å². The fourth-order valence-corrected chi connectivity index (χ4v) is 3.60. The maximum absolute atomic E-state index is 12.1. The van der Waals surface area contributed by atoms with Crippen LogP contribution in [0.5, 0.6) is 0 Å². The summed E-state index contributed by atoms with van der Waals surface area (Å²) in [5, 5.41) is 0. The standard InChI is InChI=1S/C30H54O9/c1-23(27(5)31)11-7-15-35-17-9-13-25(3)29(33)38-21-19-37-20-22-39-30(34)26(4)14-10-18-36-16-8-12-24(2)28(6)32/h23-26H,7-22H2,1-6H3. The smallest absolute Gasteiger partial charge is 0.308 e. The van der Waals surface area contributed by atoms with Gasteiger partial charge < -0.3 is 23.7 Å². The van der Waals surface area contributed by atoms with E-state index in [9.17, 15) is 19.2 Å². The van der Waals surface area contributed by atoms with Gasteiger partial charge in [0.1, 0.15) is 24.8 Å². The van der Waals surface area contributed by atoms with Crippen LogP contribution in [0.2, 0.25) is 0 Å². The average molecular weight is 559 g/mol. The monoisotopic (exact) mass is 558 g/mol. The molecule has 9 heteroatoms. The van der Waals surface area contributed by atoms with Crippen LogP contribution in [0.15, 0.2) is 0 Å². The maximum atomic E-state index is 12.1. The van der Waals surface area contributed by atoms with Crippen molar-refractivity contribution in [3.63, 3.8) is 0 Å². The summed E-state index contributed by atoms with van der Waals surface area (Å²) in [4.78, 5) is 46.5. The van der Waals surface area contributed by atoms with Crippen LogP contribution in [0.4, 0.5) is 0 Å². The largest absolute Gasteiger partial charge is 0.463 e. The van der Waals surface area contributed by atoms with E-state index >= 15 is 0 Å². The third-order valence-corrected chi connectivity index (χ3v) is 6.84. The normalized spacial score (nSPS) is 14.3. The van der Waals surface area contributed by atoms with Gasteiger partial charge in [0.2, 0.25) is 0 Å². The zero-order chi connectivity index (χ0) is 29.5. The Morgan fingerprint density at radius 2 is 0.718 bits per heavy atom. The first kappa shape index (κ1) is 37.2. The number of hydrogen-bond donors (Lipinski definition) is 0. The Balaban J connectivity index is 3.60. The molecule has 0 N–H and O–H groups in total. The zero-order valence-electron chi connectivity index (χ0n) is 25.3. The Bertz CT molecular complexity index is 623. The zero-order valence-corrected chi connectivity index (χ0v) is 25.3. The summed E-state index contributed by atoms with van der Waals surface area (Å²) < 4.78 is 27.0. The highest BCUT2D eigenvalue weighted by molar-refractivity contribution is 5.78. The molecule has 4 atom stereocenters. The van der Waals surface area contributed by atoms with E-state index in [1.165, 1.54) is 0 Å². The number of carbonyl (C=O) groups excluding carboxylic acids is 4. The highest BCUT2D eigenvalue weighted by atomic mass is 16.6. The molecule has 0 bridgehead atoms. The van der Waals surface area contributed by atoms with Crippen molar-refractivity contribution in [2.45, 2.75) is 92.9 Å². The summed E-state index contributed by atoms with van der Waals surface area (Å²) in [5.74, 6) is -0.368. The van der Waals surface area contributed by atoms with Crippen LogP contribution in [-0.2, 0) is 42.9 Å². The lowest BCUT2D eigenvalue weighted by Gasteiger charge is -2.13. The molecule has 0 saturated carbocycles. The molecule has 4 unspecified atom stereocenters. The van der Waals surface area contributed by atoms with Gasteiger partial charge in [0.15, 0.2) is 0 Å². The molecule has 228 valence electrons.